The number of amides is 4. The number of nitrogens with one attached hydrogen (secondary N) is 3. The Bertz CT molecular complexity index is 1660. The Hall–Kier alpha value is -4.20. The summed E-state index contributed by atoms with van der Waals surface area (Å²) in [7, 11) is 0. The van der Waals surface area contributed by atoms with Gasteiger partial charge >= 0.3 is 6.09 Å². The Morgan fingerprint density at radius 2 is 1.84 bits per heavy atom. The van der Waals surface area contributed by atoms with Crippen LogP contribution in [0.3, 0.4) is 0 Å². The smallest absolute Gasteiger partial charge is 0.407 e. The molecule has 3 aromatic rings. The van der Waals surface area contributed by atoms with Crippen molar-refractivity contribution in [2.45, 2.75) is 70.2 Å². The average Bonchev–Trinajstić information content (AvgIpc) is 3.68. The number of thiophene rings is 1. The molecule has 4 bridgehead atoms. The van der Waals surface area contributed by atoms with E-state index in [2.05, 4.69) is 16.0 Å². The number of ether oxygens (including phenoxy) is 3. The molecule has 4 amide bonds. The second kappa shape index (κ2) is 16.0. The Labute approximate surface area is 293 Å². The minimum atomic E-state index is -1.03. The Morgan fingerprint density at radius 1 is 1.06 bits per heavy atom. The van der Waals surface area contributed by atoms with Crippen molar-refractivity contribution >= 4 is 52.4 Å². The molecule has 1 saturated heterocycles. The van der Waals surface area contributed by atoms with Crippen molar-refractivity contribution in [2.24, 2.45) is 0 Å². The van der Waals surface area contributed by atoms with Gasteiger partial charge in [0.25, 0.3) is 5.91 Å². The summed E-state index contributed by atoms with van der Waals surface area (Å²) < 4.78 is 32.1. The minimum absolute atomic E-state index is 0.0843. The fourth-order valence-corrected chi connectivity index (χ4v) is 6.52. The molecule has 3 heterocycles. The van der Waals surface area contributed by atoms with Crippen LogP contribution in [-0.4, -0.2) is 78.8 Å². The van der Waals surface area contributed by atoms with Gasteiger partial charge < -0.3 is 35.1 Å². The van der Waals surface area contributed by atoms with Gasteiger partial charge in [-0.05, 0) is 99.0 Å². The molecule has 2 aliphatic heterocycles. The highest BCUT2D eigenvalue weighted by atomic mass is 35.5. The molecule has 262 valence electrons. The molecular formula is C35H40ClFN4O7S. The second-order valence-electron chi connectivity index (χ2n) is 13.0. The Balaban J connectivity index is 1.35. The van der Waals surface area contributed by atoms with E-state index in [1.165, 1.54) is 12.1 Å². The van der Waals surface area contributed by atoms with Gasteiger partial charge in [-0.3, -0.25) is 14.4 Å². The standard InChI is InChI=1S/C35H40ClFN4O7S/c1-35(2,3)48-34(45)39-26-16-27-18-47-28-13-21(12-24(37)15-28)22-14-30(49-20-22)33(44)40-29(32(43)38-25-9-7-23(36)8-10-25)19-46-11-5-4-6-31(42)41(27)17-26/h7-10,12-15,20,26-27,29H,4-6,11,16-19H2,1-3H3,(H,38,43)(H,39,45)(H,40,44)/t26-,27-,29-/m0/s1. The quantitative estimate of drug-likeness (QED) is 0.302. The van der Waals surface area contributed by atoms with E-state index >= 15 is 0 Å². The highest BCUT2D eigenvalue weighted by molar-refractivity contribution is 7.12. The number of hydrogen-bond acceptors (Lipinski definition) is 8. The van der Waals surface area contributed by atoms with Crippen molar-refractivity contribution in [3.63, 3.8) is 0 Å². The maximum Gasteiger partial charge on any atom is 0.407 e. The van der Waals surface area contributed by atoms with Crippen LogP contribution in [0.25, 0.3) is 11.1 Å². The number of anilines is 1. The largest absolute Gasteiger partial charge is 0.491 e. The van der Waals surface area contributed by atoms with Crippen LogP contribution in [0.5, 0.6) is 5.75 Å². The average molecular weight is 715 g/mol. The molecule has 11 nitrogen and oxygen atoms in total. The predicted octanol–water partition coefficient (Wildman–Crippen LogP) is 6.02. The van der Waals surface area contributed by atoms with Gasteiger partial charge in [0.1, 0.15) is 29.8 Å². The Kier molecular flexibility index (Phi) is 11.8. The molecule has 2 aromatic carbocycles. The zero-order valence-electron chi connectivity index (χ0n) is 27.6. The van der Waals surface area contributed by atoms with Crippen LogP contribution < -0.4 is 20.7 Å². The van der Waals surface area contributed by atoms with Crippen molar-refractivity contribution in [1.29, 1.82) is 0 Å². The molecule has 5 rings (SSSR count). The molecule has 0 saturated carbocycles. The fourth-order valence-electron chi connectivity index (χ4n) is 5.57. The normalized spacial score (nSPS) is 20.8. The fraction of sp³-hybridized carbons (Fsp3) is 0.429. The zero-order chi connectivity index (χ0) is 35.1. The van der Waals surface area contributed by atoms with Crippen LogP contribution in [0.15, 0.2) is 53.9 Å². The molecule has 0 radical (unpaired) electrons. The lowest BCUT2D eigenvalue weighted by Gasteiger charge is -2.25. The Morgan fingerprint density at radius 3 is 2.59 bits per heavy atom. The third-order valence-corrected chi connectivity index (χ3v) is 9.05. The van der Waals surface area contributed by atoms with Crippen molar-refractivity contribution in [2.75, 3.05) is 31.7 Å². The third kappa shape index (κ3) is 10.4. The van der Waals surface area contributed by atoms with Gasteiger partial charge in [-0.2, -0.15) is 0 Å². The van der Waals surface area contributed by atoms with Gasteiger partial charge in [-0.15, -0.1) is 11.3 Å². The van der Waals surface area contributed by atoms with Crippen molar-refractivity contribution < 1.29 is 37.8 Å². The number of nitrogens with zero attached hydrogens (tertiary/aromatic N) is 1. The molecule has 0 unspecified atom stereocenters. The van der Waals surface area contributed by atoms with Crippen LogP contribution in [0.1, 0.15) is 56.1 Å². The summed E-state index contributed by atoms with van der Waals surface area (Å²) in [4.78, 5) is 54.5. The summed E-state index contributed by atoms with van der Waals surface area (Å²) in [5.41, 5.74) is 0.903. The van der Waals surface area contributed by atoms with Gasteiger partial charge in [0, 0.05) is 36.3 Å². The van der Waals surface area contributed by atoms with Gasteiger partial charge in [-0.25, -0.2) is 9.18 Å². The number of carbonyl (C=O) groups excluding carboxylic acids is 4. The van der Waals surface area contributed by atoms with Gasteiger partial charge in [0.05, 0.1) is 23.6 Å². The molecule has 49 heavy (non-hydrogen) atoms. The van der Waals surface area contributed by atoms with Crippen molar-refractivity contribution in [3.8, 4) is 16.9 Å². The molecule has 14 heteroatoms. The first kappa shape index (κ1) is 36.1. The molecule has 3 atom stereocenters. The molecule has 3 N–H and O–H groups in total. The number of fused-ring (bicyclic) bond motifs is 6. The van der Waals surface area contributed by atoms with E-state index in [1.807, 2.05) is 0 Å². The highest BCUT2D eigenvalue weighted by Crippen LogP contribution is 2.31. The highest BCUT2D eigenvalue weighted by Gasteiger charge is 2.37. The summed E-state index contributed by atoms with van der Waals surface area (Å²) in [5.74, 6) is -1.36. The van der Waals surface area contributed by atoms with Gasteiger partial charge in [0.15, 0.2) is 0 Å². The predicted molar refractivity (Wildman–Crippen MR) is 184 cm³/mol. The lowest BCUT2D eigenvalue weighted by atomic mass is 10.1. The molecule has 1 fully saturated rings. The topological polar surface area (TPSA) is 135 Å². The lowest BCUT2D eigenvalue weighted by Crippen LogP contribution is -2.46. The van der Waals surface area contributed by atoms with E-state index in [9.17, 15) is 23.6 Å². The van der Waals surface area contributed by atoms with Gasteiger partial charge in [-0.1, -0.05) is 11.6 Å². The molecule has 1 aromatic heterocycles. The summed E-state index contributed by atoms with van der Waals surface area (Å²) >= 11 is 7.13. The number of hydrogen-bond donors (Lipinski definition) is 3. The lowest BCUT2D eigenvalue weighted by molar-refractivity contribution is -0.132. The number of rotatable bonds is 3. The van der Waals surface area contributed by atoms with E-state index in [1.54, 1.807) is 67.4 Å². The zero-order valence-corrected chi connectivity index (χ0v) is 29.1. The molecule has 2 aliphatic rings. The molecular weight excluding hydrogens is 675 g/mol. The van der Waals surface area contributed by atoms with E-state index in [-0.39, 0.29) is 56.5 Å². The second-order valence-corrected chi connectivity index (χ2v) is 14.4. The van der Waals surface area contributed by atoms with Crippen LogP contribution in [-0.2, 0) is 19.1 Å². The van der Waals surface area contributed by atoms with Crippen molar-refractivity contribution in [3.05, 3.63) is 69.6 Å². The summed E-state index contributed by atoms with van der Waals surface area (Å²) in [6.07, 6.45) is 1.12. The molecule has 0 aliphatic carbocycles. The van der Waals surface area contributed by atoms with Gasteiger partial charge in [0.2, 0.25) is 11.8 Å². The number of halogens is 2. The molecule has 0 spiro atoms. The van der Waals surface area contributed by atoms with E-state index in [4.69, 9.17) is 25.8 Å². The van der Waals surface area contributed by atoms with E-state index in [0.717, 1.165) is 11.3 Å². The van der Waals surface area contributed by atoms with Crippen LogP contribution in [0.2, 0.25) is 5.02 Å². The first-order valence-electron chi connectivity index (χ1n) is 16.1. The third-order valence-electron chi connectivity index (χ3n) is 7.87. The number of carbonyl (C=O) groups is 4. The van der Waals surface area contributed by atoms with Crippen LogP contribution in [0, 0.1) is 5.82 Å². The number of alkyl carbamates (subject to hydrolysis) is 1. The van der Waals surface area contributed by atoms with E-state index < -0.39 is 35.4 Å². The maximum absolute atomic E-state index is 14.8. The maximum atomic E-state index is 14.8. The summed E-state index contributed by atoms with van der Waals surface area (Å²) in [6, 6.07) is 10.7. The van der Waals surface area contributed by atoms with Crippen LogP contribution >= 0.6 is 22.9 Å². The van der Waals surface area contributed by atoms with Crippen LogP contribution in [0.4, 0.5) is 14.9 Å². The summed E-state index contributed by atoms with van der Waals surface area (Å²) in [6.45, 7) is 5.84. The summed E-state index contributed by atoms with van der Waals surface area (Å²) in [5, 5.41) is 10.6. The van der Waals surface area contributed by atoms with Crippen molar-refractivity contribution in [1.82, 2.24) is 15.5 Å². The monoisotopic (exact) mass is 714 g/mol. The number of benzene rings is 2. The first-order chi connectivity index (χ1) is 23.3. The van der Waals surface area contributed by atoms with E-state index in [0.29, 0.717) is 46.0 Å². The first-order valence-corrected chi connectivity index (χ1v) is 17.3. The minimum Gasteiger partial charge on any atom is -0.491 e. The SMILES string of the molecule is CC(C)(C)OC(=O)N[C@H]1C[C@H]2COc3cc(F)cc(c3)-c3csc(c3)C(=O)N[C@H](C(=O)Nc3ccc(Cl)cc3)COCCCCC(=O)N2C1.